The van der Waals surface area contributed by atoms with Gasteiger partial charge in [-0.15, -0.1) is 6.58 Å². The van der Waals surface area contributed by atoms with Crippen LogP contribution < -0.4 is 9.62 Å². The fourth-order valence-electron chi connectivity index (χ4n) is 2.24. The van der Waals surface area contributed by atoms with Crippen molar-refractivity contribution in [3.8, 4) is 0 Å². The molecule has 0 saturated carbocycles. The smallest absolute Gasteiger partial charge is 0.232 e. The summed E-state index contributed by atoms with van der Waals surface area (Å²) in [6.07, 6.45) is 3.53. The Hall–Kier alpha value is -1.82. The van der Waals surface area contributed by atoms with Crippen LogP contribution in [0.2, 0.25) is 0 Å². The highest BCUT2D eigenvalue weighted by molar-refractivity contribution is 7.92. The minimum atomic E-state index is -3.38. The van der Waals surface area contributed by atoms with Gasteiger partial charge in [-0.3, -0.25) is 9.10 Å². The van der Waals surface area contributed by atoms with E-state index in [9.17, 15) is 13.2 Å². The third-order valence-corrected chi connectivity index (χ3v) is 4.30. The fourth-order valence-corrected chi connectivity index (χ4v) is 3.19. The maximum absolute atomic E-state index is 12.0. The first-order valence-electron chi connectivity index (χ1n) is 7.17. The van der Waals surface area contributed by atoms with Crippen LogP contribution in [0.1, 0.15) is 24.0 Å². The first-order valence-corrected chi connectivity index (χ1v) is 9.02. The van der Waals surface area contributed by atoms with Crippen LogP contribution in [0, 0.1) is 13.8 Å². The van der Waals surface area contributed by atoms with Crippen molar-refractivity contribution in [2.45, 2.75) is 26.7 Å². The Balaban J connectivity index is 2.79. The fraction of sp³-hybridized carbons (Fsp3) is 0.438. The molecule has 0 unspecified atom stereocenters. The number of aryl methyl sites for hydroxylation is 2. The molecule has 0 aromatic heterocycles. The van der Waals surface area contributed by atoms with Crippen LogP contribution in [0.15, 0.2) is 30.9 Å². The van der Waals surface area contributed by atoms with Crippen LogP contribution in [0.5, 0.6) is 0 Å². The van der Waals surface area contributed by atoms with E-state index in [1.165, 1.54) is 10.6 Å². The van der Waals surface area contributed by atoms with Gasteiger partial charge in [-0.1, -0.05) is 12.1 Å². The molecule has 0 atom stereocenters. The molecule has 0 radical (unpaired) electrons. The molecule has 0 spiro atoms. The summed E-state index contributed by atoms with van der Waals surface area (Å²) in [5.41, 5.74) is 2.66. The minimum absolute atomic E-state index is 0.103. The zero-order valence-corrected chi connectivity index (χ0v) is 14.2. The third-order valence-electron chi connectivity index (χ3n) is 3.10. The molecule has 0 saturated heterocycles. The largest absolute Gasteiger partial charge is 0.353 e. The number of hydrogen-bond acceptors (Lipinski definition) is 3. The second-order valence-corrected chi connectivity index (χ2v) is 7.28. The average molecular weight is 324 g/mol. The van der Waals surface area contributed by atoms with Crippen molar-refractivity contribution in [1.82, 2.24) is 5.32 Å². The Bertz CT molecular complexity index is 619. The SMILES string of the molecule is C=CCNC(=O)CCCN(c1cc(C)cc(C)c1)S(C)(=O)=O. The summed E-state index contributed by atoms with van der Waals surface area (Å²) in [6, 6.07) is 5.67. The normalized spacial score (nSPS) is 11.0. The molecule has 1 N–H and O–H groups in total. The van der Waals surface area contributed by atoms with E-state index < -0.39 is 10.0 Å². The molecular weight excluding hydrogens is 300 g/mol. The Morgan fingerprint density at radius 2 is 1.86 bits per heavy atom. The Morgan fingerprint density at radius 3 is 2.36 bits per heavy atom. The topological polar surface area (TPSA) is 66.5 Å². The number of amides is 1. The number of hydrogen-bond donors (Lipinski definition) is 1. The van der Waals surface area contributed by atoms with Gasteiger partial charge in [0.15, 0.2) is 0 Å². The summed E-state index contributed by atoms with van der Waals surface area (Å²) < 4.78 is 25.4. The zero-order valence-electron chi connectivity index (χ0n) is 13.4. The lowest BCUT2D eigenvalue weighted by atomic mass is 10.1. The summed E-state index contributed by atoms with van der Waals surface area (Å²) in [6.45, 7) is 8.09. The van der Waals surface area contributed by atoms with Gasteiger partial charge in [-0.2, -0.15) is 0 Å². The highest BCUT2D eigenvalue weighted by atomic mass is 32.2. The molecule has 0 bridgehead atoms. The van der Waals surface area contributed by atoms with Crippen LogP contribution in [0.3, 0.4) is 0 Å². The van der Waals surface area contributed by atoms with Gasteiger partial charge in [0, 0.05) is 19.5 Å². The summed E-state index contributed by atoms with van der Waals surface area (Å²) >= 11 is 0. The van der Waals surface area contributed by atoms with Gasteiger partial charge in [-0.05, 0) is 43.5 Å². The van der Waals surface area contributed by atoms with Gasteiger partial charge in [0.05, 0.1) is 11.9 Å². The third kappa shape index (κ3) is 5.89. The maximum atomic E-state index is 12.0. The Kier molecular flexibility index (Phi) is 6.61. The van der Waals surface area contributed by atoms with E-state index in [0.717, 1.165) is 11.1 Å². The van der Waals surface area contributed by atoms with E-state index in [1.807, 2.05) is 32.0 Å². The molecule has 0 fully saturated rings. The Labute approximate surface area is 133 Å². The summed E-state index contributed by atoms with van der Waals surface area (Å²) in [4.78, 5) is 11.6. The van der Waals surface area contributed by atoms with Crippen molar-refractivity contribution in [3.63, 3.8) is 0 Å². The van der Waals surface area contributed by atoms with Crippen LogP contribution >= 0.6 is 0 Å². The van der Waals surface area contributed by atoms with E-state index in [2.05, 4.69) is 11.9 Å². The number of nitrogens with zero attached hydrogens (tertiary/aromatic N) is 1. The average Bonchev–Trinajstić information content (AvgIpc) is 2.38. The molecule has 5 nitrogen and oxygen atoms in total. The molecular formula is C16H24N2O3S. The van der Waals surface area contributed by atoms with E-state index in [-0.39, 0.29) is 18.9 Å². The molecule has 0 aliphatic carbocycles. The highest BCUT2D eigenvalue weighted by Crippen LogP contribution is 2.21. The number of carbonyl (C=O) groups excluding carboxylic acids is 1. The lowest BCUT2D eigenvalue weighted by molar-refractivity contribution is -0.120. The number of benzene rings is 1. The number of nitrogens with one attached hydrogen (secondary N) is 1. The number of rotatable bonds is 8. The molecule has 1 amide bonds. The Morgan fingerprint density at radius 1 is 1.27 bits per heavy atom. The first kappa shape index (κ1) is 18.2. The standard InChI is InChI=1S/C16H24N2O3S/c1-5-8-17-16(19)7-6-9-18(22(4,20)21)15-11-13(2)10-14(3)12-15/h5,10-12H,1,6-9H2,2-4H3,(H,17,19). The van der Waals surface area contributed by atoms with Gasteiger partial charge < -0.3 is 5.32 Å². The molecule has 22 heavy (non-hydrogen) atoms. The number of carbonyl (C=O) groups is 1. The van der Waals surface area contributed by atoms with Gasteiger partial charge in [0.2, 0.25) is 15.9 Å². The van der Waals surface area contributed by atoms with Crippen LogP contribution in [-0.4, -0.2) is 33.7 Å². The molecule has 0 aliphatic heterocycles. The lowest BCUT2D eigenvalue weighted by Crippen LogP contribution is -2.32. The van der Waals surface area contributed by atoms with Crippen LogP contribution in [-0.2, 0) is 14.8 Å². The van der Waals surface area contributed by atoms with Crippen LogP contribution in [0.4, 0.5) is 5.69 Å². The maximum Gasteiger partial charge on any atom is 0.232 e. The number of anilines is 1. The summed E-state index contributed by atoms with van der Waals surface area (Å²) in [7, 11) is -3.38. The lowest BCUT2D eigenvalue weighted by Gasteiger charge is -2.23. The van der Waals surface area contributed by atoms with Crippen LogP contribution in [0.25, 0.3) is 0 Å². The number of sulfonamides is 1. The zero-order chi connectivity index (χ0) is 16.8. The van der Waals surface area contributed by atoms with Gasteiger partial charge in [0.25, 0.3) is 0 Å². The molecule has 1 aromatic rings. The quantitative estimate of drug-likeness (QED) is 0.745. The van der Waals surface area contributed by atoms with Gasteiger partial charge in [-0.25, -0.2) is 8.42 Å². The second-order valence-electron chi connectivity index (χ2n) is 5.38. The molecule has 122 valence electrons. The summed E-state index contributed by atoms with van der Waals surface area (Å²) in [5.74, 6) is -0.103. The molecule has 6 heteroatoms. The minimum Gasteiger partial charge on any atom is -0.353 e. The van der Waals surface area contributed by atoms with Crippen molar-refractivity contribution in [2.75, 3.05) is 23.7 Å². The van der Waals surface area contributed by atoms with Gasteiger partial charge in [0.1, 0.15) is 0 Å². The van der Waals surface area contributed by atoms with Crippen molar-refractivity contribution in [2.24, 2.45) is 0 Å². The van der Waals surface area contributed by atoms with E-state index in [4.69, 9.17) is 0 Å². The van der Waals surface area contributed by atoms with Crippen molar-refractivity contribution >= 4 is 21.6 Å². The highest BCUT2D eigenvalue weighted by Gasteiger charge is 2.18. The van der Waals surface area contributed by atoms with Crippen molar-refractivity contribution in [3.05, 3.63) is 42.0 Å². The predicted octanol–water partition coefficient (Wildman–Crippen LogP) is 2.15. The molecule has 0 heterocycles. The molecule has 0 aliphatic rings. The van der Waals surface area contributed by atoms with E-state index in [1.54, 1.807) is 6.08 Å². The van der Waals surface area contributed by atoms with E-state index in [0.29, 0.717) is 18.7 Å². The summed E-state index contributed by atoms with van der Waals surface area (Å²) in [5, 5.41) is 2.68. The van der Waals surface area contributed by atoms with E-state index >= 15 is 0 Å². The van der Waals surface area contributed by atoms with Gasteiger partial charge >= 0.3 is 0 Å². The predicted molar refractivity (Wildman–Crippen MR) is 90.5 cm³/mol. The van der Waals surface area contributed by atoms with Crippen molar-refractivity contribution in [1.29, 1.82) is 0 Å². The second kappa shape index (κ2) is 7.98. The monoisotopic (exact) mass is 324 g/mol. The van der Waals surface area contributed by atoms with Crippen molar-refractivity contribution < 1.29 is 13.2 Å². The molecule has 1 rings (SSSR count). The first-order chi connectivity index (χ1) is 10.2. The molecule has 1 aromatic carbocycles.